The maximum absolute atomic E-state index is 12.2. The molecule has 0 bridgehead atoms. The fourth-order valence-electron chi connectivity index (χ4n) is 1.97. The third-order valence-corrected chi connectivity index (χ3v) is 5.47. The van der Waals surface area contributed by atoms with Gasteiger partial charge in [0, 0.05) is 19.8 Å². The van der Waals surface area contributed by atoms with Gasteiger partial charge in [0.25, 0.3) is 0 Å². The fraction of sp³-hybridized carbons (Fsp3) is 0.375. The molecule has 0 saturated heterocycles. The van der Waals surface area contributed by atoms with Crippen LogP contribution in [0, 0.1) is 13.8 Å². The number of hydrogen-bond acceptors (Lipinski definition) is 7. The molecule has 0 unspecified atom stereocenters. The Bertz CT molecular complexity index is 763. The predicted octanol–water partition coefficient (Wildman–Crippen LogP) is 2.39. The van der Waals surface area contributed by atoms with Gasteiger partial charge in [-0.25, -0.2) is 0 Å². The van der Waals surface area contributed by atoms with Crippen LogP contribution in [0.4, 0.5) is 10.8 Å². The number of nitrogens with one attached hydrogen (secondary N) is 2. The van der Waals surface area contributed by atoms with Gasteiger partial charge < -0.3 is 15.5 Å². The van der Waals surface area contributed by atoms with Gasteiger partial charge >= 0.3 is 0 Å². The minimum absolute atomic E-state index is 0.00462. The number of aromatic nitrogens is 2. The van der Waals surface area contributed by atoms with Crippen LogP contribution in [-0.4, -0.2) is 53.3 Å². The Hall–Kier alpha value is -2.13. The smallest absolute Gasteiger partial charge is 0.243 e. The van der Waals surface area contributed by atoms with Crippen molar-refractivity contribution < 1.29 is 9.59 Å². The Morgan fingerprint density at radius 3 is 2.72 bits per heavy atom. The van der Waals surface area contributed by atoms with Crippen LogP contribution in [0.1, 0.15) is 11.1 Å². The van der Waals surface area contributed by atoms with E-state index in [1.165, 1.54) is 28.0 Å². The van der Waals surface area contributed by atoms with Crippen molar-refractivity contribution in [2.45, 2.75) is 18.2 Å². The van der Waals surface area contributed by atoms with Gasteiger partial charge in [-0.1, -0.05) is 35.2 Å². The molecule has 2 N–H and O–H groups in total. The zero-order valence-corrected chi connectivity index (χ0v) is 16.3. The molecule has 1 aromatic heterocycles. The quantitative estimate of drug-likeness (QED) is 0.718. The summed E-state index contributed by atoms with van der Waals surface area (Å²) in [6.07, 6.45) is 0. The molecule has 0 atom stereocenters. The number of anilines is 2. The Kier molecular flexibility index (Phi) is 6.77. The summed E-state index contributed by atoms with van der Waals surface area (Å²) >= 11 is 2.70. The number of carbonyl (C=O) groups excluding carboxylic acids is 2. The SMILES string of the molecule is CNc1nnc(SCC(=O)N(C)CC(=O)Nc2cc(C)ccc2C)s1. The highest BCUT2D eigenvalue weighted by Crippen LogP contribution is 2.25. The molecular formula is C16H21N5O2S2. The molecule has 25 heavy (non-hydrogen) atoms. The molecule has 9 heteroatoms. The Balaban J connectivity index is 1.83. The molecule has 0 fully saturated rings. The lowest BCUT2D eigenvalue weighted by atomic mass is 10.1. The van der Waals surface area contributed by atoms with Gasteiger partial charge in [0.15, 0.2) is 4.34 Å². The standard InChI is InChI=1S/C16H21N5O2S2/c1-10-5-6-11(2)12(7-10)18-13(22)8-21(4)14(23)9-24-16-20-19-15(17-3)25-16/h5-7H,8-9H2,1-4H3,(H,17,19)(H,18,22). The van der Waals surface area contributed by atoms with E-state index >= 15 is 0 Å². The van der Waals surface area contributed by atoms with Crippen molar-refractivity contribution in [3.63, 3.8) is 0 Å². The summed E-state index contributed by atoms with van der Waals surface area (Å²) in [5.74, 6) is -0.142. The van der Waals surface area contributed by atoms with Crippen LogP contribution in [0.5, 0.6) is 0 Å². The lowest BCUT2D eigenvalue weighted by Gasteiger charge is -2.17. The minimum atomic E-state index is -0.220. The van der Waals surface area contributed by atoms with E-state index in [0.717, 1.165) is 16.8 Å². The van der Waals surface area contributed by atoms with E-state index in [9.17, 15) is 9.59 Å². The van der Waals surface area contributed by atoms with Gasteiger partial charge in [-0.15, -0.1) is 10.2 Å². The second-order valence-electron chi connectivity index (χ2n) is 5.53. The molecular weight excluding hydrogens is 358 g/mol. The lowest BCUT2D eigenvalue weighted by Crippen LogP contribution is -2.36. The molecule has 0 saturated carbocycles. The third kappa shape index (κ3) is 5.71. The summed E-state index contributed by atoms with van der Waals surface area (Å²) in [5, 5.41) is 14.3. The van der Waals surface area contributed by atoms with Crippen molar-refractivity contribution in [3.05, 3.63) is 29.3 Å². The Morgan fingerprint density at radius 1 is 1.28 bits per heavy atom. The minimum Gasteiger partial charge on any atom is -0.363 e. The number of nitrogens with zero attached hydrogens (tertiary/aromatic N) is 3. The highest BCUT2D eigenvalue weighted by molar-refractivity contribution is 8.01. The zero-order valence-electron chi connectivity index (χ0n) is 14.6. The topological polar surface area (TPSA) is 87.2 Å². The van der Waals surface area contributed by atoms with Crippen LogP contribution in [0.2, 0.25) is 0 Å². The van der Waals surface area contributed by atoms with Crippen molar-refractivity contribution in [3.8, 4) is 0 Å². The largest absolute Gasteiger partial charge is 0.363 e. The van der Waals surface area contributed by atoms with Gasteiger partial charge in [-0.3, -0.25) is 9.59 Å². The number of hydrogen-bond donors (Lipinski definition) is 2. The van der Waals surface area contributed by atoms with Gasteiger partial charge in [0.2, 0.25) is 16.9 Å². The maximum atomic E-state index is 12.2. The zero-order chi connectivity index (χ0) is 18.4. The first-order chi connectivity index (χ1) is 11.9. The number of benzene rings is 1. The molecule has 7 nitrogen and oxygen atoms in total. The highest BCUT2D eigenvalue weighted by atomic mass is 32.2. The van der Waals surface area contributed by atoms with E-state index in [4.69, 9.17) is 0 Å². The number of amides is 2. The lowest BCUT2D eigenvalue weighted by molar-refractivity contribution is -0.131. The number of thioether (sulfide) groups is 1. The average molecular weight is 380 g/mol. The van der Waals surface area contributed by atoms with E-state index in [1.54, 1.807) is 14.1 Å². The Labute approximate surface area is 155 Å². The van der Waals surface area contributed by atoms with Crippen LogP contribution in [0.25, 0.3) is 0 Å². The first kappa shape index (κ1) is 19.2. The summed E-state index contributed by atoms with van der Waals surface area (Å²) in [5.41, 5.74) is 2.83. The molecule has 2 aromatic rings. The van der Waals surface area contributed by atoms with Crippen molar-refractivity contribution in [2.75, 3.05) is 37.0 Å². The molecule has 1 heterocycles. The third-order valence-electron chi connectivity index (χ3n) is 3.41. The van der Waals surface area contributed by atoms with Crippen molar-refractivity contribution in [1.82, 2.24) is 15.1 Å². The predicted molar refractivity (Wildman–Crippen MR) is 102 cm³/mol. The number of likely N-dealkylation sites (N-methyl/N-ethyl adjacent to an activating group) is 1. The van der Waals surface area contributed by atoms with Gasteiger partial charge in [0.1, 0.15) is 0 Å². The second kappa shape index (κ2) is 8.82. The average Bonchev–Trinajstić information content (AvgIpc) is 3.04. The summed E-state index contributed by atoms with van der Waals surface area (Å²) in [7, 11) is 3.38. The van der Waals surface area contributed by atoms with Crippen LogP contribution in [0.15, 0.2) is 22.5 Å². The van der Waals surface area contributed by atoms with Crippen LogP contribution in [0.3, 0.4) is 0 Å². The molecule has 0 aliphatic carbocycles. The van der Waals surface area contributed by atoms with Gasteiger partial charge in [-0.2, -0.15) is 0 Å². The highest BCUT2D eigenvalue weighted by Gasteiger charge is 2.15. The Morgan fingerprint density at radius 2 is 2.04 bits per heavy atom. The van der Waals surface area contributed by atoms with Crippen LogP contribution >= 0.6 is 23.1 Å². The first-order valence-corrected chi connectivity index (χ1v) is 9.44. The van der Waals surface area contributed by atoms with E-state index in [2.05, 4.69) is 20.8 Å². The molecule has 2 rings (SSSR count). The van der Waals surface area contributed by atoms with Crippen molar-refractivity contribution >= 4 is 45.7 Å². The molecule has 134 valence electrons. The van der Waals surface area contributed by atoms with Crippen molar-refractivity contribution in [1.29, 1.82) is 0 Å². The number of aryl methyl sites for hydroxylation is 2. The monoisotopic (exact) mass is 379 g/mol. The van der Waals surface area contributed by atoms with E-state index in [0.29, 0.717) is 9.47 Å². The van der Waals surface area contributed by atoms with Crippen molar-refractivity contribution in [2.24, 2.45) is 0 Å². The van der Waals surface area contributed by atoms with E-state index in [-0.39, 0.29) is 24.1 Å². The summed E-state index contributed by atoms with van der Waals surface area (Å²) in [6, 6.07) is 5.86. The molecule has 0 radical (unpaired) electrons. The molecule has 0 aliphatic heterocycles. The first-order valence-electron chi connectivity index (χ1n) is 7.64. The summed E-state index contributed by atoms with van der Waals surface area (Å²) in [6.45, 7) is 3.90. The second-order valence-corrected chi connectivity index (χ2v) is 7.73. The number of carbonyl (C=O) groups is 2. The maximum Gasteiger partial charge on any atom is 0.243 e. The number of rotatable bonds is 7. The molecule has 0 spiro atoms. The normalized spacial score (nSPS) is 10.4. The van der Waals surface area contributed by atoms with E-state index < -0.39 is 0 Å². The molecule has 0 aliphatic rings. The van der Waals surface area contributed by atoms with Gasteiger partial charge in [-0.05, 0) is 31.0 Å². The summed E-state index contributed by atoms with van der Waals surface area (Å²) < 4.78 is 0.714. The molecule has 1 aromatic carbocycles. The summed E-state index contributed by atoms with van der Waals surface area (Å²) in [4.78, 5) is 25.7. The fourth-order valence-corrected chi connectivity index (χ4v) is 3.61. The van der Waals surface area contributed by atoms with Crippen LogP contribution < -0.4 is 10.6 Å². The van der Waals surface area contributed by atoms with Crippen LogP contribution in [-0.2, 0) is 9.59 Å². The van der Waals surface area contributed by atoms with E-state index in [1.807, 2.05) is 32.0 Å². The molecule has 2 amide bonds. The van der Waals surface area contributed by atoms with Gasteiger partial charge in [0.05, 0.1) is 12.3 Å².